The van der Waals surface area contributed by atoms with Gasteiger partial charge in [-0.1, -0.05) is 18.2 Å². The fraction of sp³-hybridized carbons (Fsp3) is 0.423. The summed E-state index contributed by atoms with van der Waals surface area (Å²) in [6.07, 6.45) is 7.27. The topological polar surface area (TPSA) is 56.3 Å². The van der Waals surface area contributed by atoms with Gasteiger partial charge in [0.1, 0.15) is 0 Å². The van der Waals surface area contributed by atoms with Gasteiger partial charge in [0.05, 0.1) is 5.56 Å². The monoisotopic (exact) mass is 402 g/mol. The number of carboxylic acids is 1. The molecule has 3 aromatic rings. The number of nitrogens with zero attached hydrogens (tertiary/aromatic N) is 1. The second-order valence-electron chi connectivity index (χ2n) is 9.29. The van der Waals surface area contributed by atoms with Crippen LogP contribution in [0, 0.1) is 25.7 Å². The third-order valence-corrected chi connectivity index (χ3v) is 7.32. The lowest BCUT2D eigenvalue weighted by Gasteiger charge is -2.40. The zero-order valence-corrected chi connectivity index (χ0v) is 17.8. The molecule has 1 saturated heterocycles. The van der Waals surface area contributed by atoms with Crippen molar-refractivity contribution in [2.45, 2.75) is 52.1 Å². The smallest absolute Gasteiger partial charge is 0.335 e. The van der Waals surface area contributed by atoms with E-state index in [9.17, 15) is 9.90 Å². The number of aryl methyl sites for hydroxylation is 2. The van der Waals surface area contributed by atoms with E-state index in [4.69, 9.17) is 0 Å². The first kappa shape index (κ1) is 19.4. The molecular formula is C26H30N2O2. The summed E-state index contributed by atoms with van der Waals surface area (Å²) in [5, 5.41) is 10.6. The number of rotatable bonds is 5. The van der Waals surface area contributed by atoms with Gasteiger partial charge in [0, 0.05) is 29.7 Å². The van der Waals surface area contributed by atoms with Crippen LogP contribution in [-0.4, -0.2) is 27.5 Å². The van der Waals surface area contributed by atoms with E-state index < -0.39 is 5.97 Å². The molecule has 0 bridgehead atoms. The molecule has 2 N–H and O–H groups in total. The highest BCUT2D eigenvalue weighted by Gasteiger charge is 2.38. The van der Waals surface area contributed by atoms with E-state index in [2.05, 4.69) is 35.9 Å². The summed E-state index contributed by atoms with van der Waals surface area (Å²) in [6.45, 7) is 6.43. The molecule has 2 aliphatic rings. The van der Waals surface area contributed by atoms with Crippen molar-refractivity contribution in [3.8, 4) is 0 Å². The Labute approximate surface area is 177 Å². The maximum atomic E-state index is 11.3. The van der Waals surface area contributed by atoms with Crippen LogP contribution >= 0.6 is 0 Å². The van der Waals surface area contributed by atoms with Crippen LogP contribution in [0.2, 0.25) is 0 Å². The average Bonchev–Trinajstić information content (AvgIpc) is 3.47. The van der Waals surface area contributed by atoms with Crippen molar-refractivity contribution in [1.82, 2.24) is 9.88 Å². The fourth-order valence-electron chi connectivity index (χ4n) is 5.48. The fourth-order valence-corrected chi connectivity index (χ4v) is 5.48. The zero-order chi connectivity index (χ0) is 20.8. The third kappa shape index (κ3) is 3.54. The number of aromatic carboxylic acids is 1. The van der Waals surface area contributed by atoms with Crippen molar-refractivity contribution in [2.24, 2.45) is 11.8 Å². The van der Waals surface area contributed by atoms with Gasteiger partial charge in [0.25, 0.3) is 0 Å². The van der Waals surface area contributed by atoms with E-state index in [0.717, 1.165) is 24.9 Å². The Morgan fingerprint density at radius 1 is 1.07 bits per heavy atom. The number of likely N-dealkylation sites (tertiary alicyclic amines) is 1. The number of nitrogens with one attached hydrogen (secondary N) is 1. The maximum absolute atomic E-state index is 11.3. The van der Waals surface area contributed by atoms with Crippen molar-refractivity contribution in [1.29, 1.82) is 0 Å². The number of fused-ring (bicyclic) bond motifs is 1. The molecule has 1 saturated carbocycles. The molecule has 1 unspecified atom stereocenters. The standard InChI is InChI=1S/C26H30N2O2/c1-16-13-17(2)25-22(9-11-27-25)23(16)15-28-12-10-21(18-3-4-18)14-24(28)19-5-7-20(8-6-19)26(29)30/h5-9,11,13,18,21,24,27H,3-4,10,12,14-15H2,1-2H3,(H,29,30)/t21?,24-/m0/s1. The van der Waals surface area contributed by atoms with Crippen LogP contribution < -0.4 is 0 Å². The van der Waals surface area contributed by atoms with Crippen LogP contribution in [0.25, 0.3) is 10.9 Å². The molecule has 30 heavy (non-hydrogen) atoms. The van der Waals surface area contributed by atoms with Gasteiger partial charge in [0.2, 0.25) is 0 Å². The summed E-state index contributed by atoms with van der Waals surface area (Å²) >= 11 is 0. The van der Waals surface area contributed by atoms with Crippen LogP contribution in [0.15, 0.2) is 42.6 Å². The van der Waals surface area contributed by atoms with Crippen LogP contribution in [0.1, 0.15) is 64.3 Å². The molecule has 2 aromatic carbocycles. The summed E-state index contributed by atoms with van der Waals surface area (Å²) in [4.78, 5) is 17.3. The summed E-state index contributed by atoms with van der Waals surface area (Å²) in [5.41, 5.74) is 6.91. The predicted octanol–water partition coefficient (Wildman–Crippen LogP) is 5.85. The molecule has 0 radical (unpaired) electrons. The van der Waals surface area contributed by atoms with Crippen LogP contribution in [0.4, 0.5) is 0 Å². The second kappa shape index (κ2) is 7.59. The van der Waals surface area contributed by atoms with E-state index in [1.165, 1.54) is 58.8 Å². The highest BCUT2D eigenvalue weighted by molar-refractivity contribution is 5.88. The molecule has 1 aliphatic heterocycles. The van der Waals surface area contributed by atoms with E-state index in [1.807, 2.05) is 18.3 Å². The zero-order valence-electron chi connectivity index (χ0n) is 17.8. The van der Waals surface area contributed by atoms with E-state index in [1.54, 1.807) is 12.1 Å². The number of hydrogen-bond acceptors (Lipinski definition) is 2. The summed E-state index contributed by atoms with van der Waals surface area (Å²) in [7, 11) is 0. The first-order valence-corrected chi connectivity index (χ1v) is 11.1. The Kier molecular flexibility index (Phi) is 4.90. The quantitative estimate of drug-likeness (QED) is 0.563. The number of piperidine rings is 1. The number of aromatic nitrogens is 1. The minimum absolute atomic E-state index is 0.349. The van der Waals surface area contributed by atoms with Gasteiger partial charge in [-0.15, -0.1) is 0 Å². The highest BCUT2D eigenvalue weighted by atomic mass is 16.4. The molecule has 1 aromatic heterocycles. The minimum Gasteiger partial charge on any atom is -0.478 e. The number of carbonyl (C=O) groups is 1. The molecule has 4 nitrogen and oxygen atoms in total. The van der Waals surface area contributed by atoms with Crippen molar-refractivity contribution < 1.29 is 9.90 Å². The first-order chi connectivity index (χ1) is 14.5. The average molecular weight is 403 g/mol. The van der Waals surface area contributed by atoms with Gasteiger partial charge in [-0.25, -0.2) is 4.79 Å². The molecule has 2 atom stereocenters. The predicted molar refractivity (Wildman–Crippen MR) is 120 cm³/mol. The minimum atomic E-state index is -0.858. The van der Waals surface area contributed by atoms with Crippen LogP contribution in [0.5, 0.6) is 0 Å². The van der Waals surface area contributed by atoms with Gasteiger partial charge in [-0.2, -0.15) is 0 Å². The van der Waals surface area contributed by atoms with Crippen molar-refractivity contribution in [3.05, 3.63) is 70.4 Å². The largest absolute Gasteiger partial charge is 0.478 e. The molecule has 1 aliphatic carbocycles. The Balaban J connectivity index is 1.48. The third-order valence-electron chi connectivity index (χ3n) is 7.32. The summed E-state index contributed by atoms with van der Waals surface area (Å²) < 4.78 is 0. The molecule has 0 spiro atoms. The molecule has 4 heteroatoms. The van der Waals surface area contributed by atoms with E-state index in [-0.39, 0.29) is 0 Å². The first-order valence-electron chi connectivity index (χ1n) is 11.1. The SMILES string of the molecule is Cc1cc(C)c2[nH]ccc2c1CN1CCC(C2CC2)C[C@H]1c1ccc(C(=O)O)cc1. The van der Waals surface area contributed by atoms with E-state index >= 15 is 0 Å². The van der Waals surface area contributed by atoms with Crippen molar-refractivity contribution in [3.63, 3.8) is 0 Å². The molecular weight excluding hydrogens is 372 g/mol. The summed E-state index contributed by atoms with van der Waals surface area (Å²) in [5.74, 6) is 0.852. The lowest BCUT2D eigenvalue weighted by atomic mass is 9.83. The van der Waals surface area contributed by atoms with Crippen LogP contribution in [-0.2, 0) is 6.54 Å². The molecule has 2 fully saturated rings. The molecule has 0 amide bonds. The highest BCUT2D eigenvalue weighted by Crippen LogP contribution is 2.47. The maximum Gasteiger partial charge on any atom is 0.335 e. The molecule has 156 valence electrons. The lowest BCUT2D eigenvalue weighted by molar-refractivity contribution is 0.0696. The van der Waals surface area contributed by atoms with E-state index in [0.29, 0.717) is 11.6 Å². The second-order valence-corrected chi connectivity index (χ2v) is 9.29. The van der Waals surface area contributed by atoms with Gasteiger partial charge in [-0.3, -0.25) is 4.90 Å². The van der Waals surface area contributed by atoms with Gasteiger partial charge in [-0.05, 0) is 98.4 Å². The van der Waals surface area contributed by atoms with Gasteiger partial charge >= 0.3 is 5.97 Å². The Morgan fingerprint density at radius 2 is 1.83 bits per heavy atom. The van der Waals surface area contributed by atoms with Gasteiger partial charge in [0.15, 0.2) is 0 Å². The number of aromatic amines is 1. The van der Waals surface area contributed by atoms with Gasteiger partial charge < -0.3 is 10.1 Å². The number of hydrogen-bond donors (Lipinski definition) is 2. The molecule has 5 rings (SSSR count). The number of H-pyrrole nitrogens is 1. The summed E-state index contributed by atoms with van der Waals surface area (Å²) in [6, 6.07) is 12.4. The number of benzene rings is 2. The van der Waals surface area contributed by atoms with Crippen molar-refractivity contribution >= 4 is 16.9 Å². The lowest BCUT2D eigenvalue weighted by Crippen LogP contribution is -2.37. The Hall–Kier alpha value is -2.59. The molecule has 2 heterocycles. The normalized spacial score (nSPS) is 22.5. The Morgan fingerprint density at radius 3 is 2.53 bits per heavy atom. The van der Waals surface area contributed by atoms with Crippen LogP contribution in [0.3, 0.4) is 0 Å². The Bertz CT molecular complexity index is 1080. The number of carboxylic acid groups (broad SMARTS) is 1. The van der Waals surface area contributed by atoms with Crippen molar-refractivity contribution in [2.75, 3.05) is 6.54 Å².